The molecule has 0 radical (unpaired) electrons. The number of hydrogen-bond acceptors (Lipinski definition) is 6. The van der Waals surface area contributed by atoms with Crippen molar-refractivity contribution < 1.29 is 4.74 Å². The molecule has 0 amide bonds. The Morgan fingerprint density at radius 1 is 1.14 bits per heavy atom. The number of aromatic nitrogens is 2. The van der Waals surface area contributed by atoms with Crippen LogP contribution in [0, 0.1) is 11.8 Å². The van der Waals surface area contributed by atoms with Crippen LogP contribution in [0.5, 0.6) is 5.88 Å². The highest BCUT2D eigenvalue weighted by Crippen LogP contribution is 2.32. The van der Waals surface area contributed by atoms with Crippen molar-refractivity contribution in [2.75, 3.05) is 43.9 Å². The van der Waals surface area contributed by atoms with Crippen LogP contribution in [0.3, 0.4) is 0 Å². The smallest absolute Gasteiger partial charge is 0.225 e. The van der Waals surface area contributed by atoms with Gasteiger partial charge in [-0.2, -0.15) is 9.97 Å². The van der Waals surface area contributed by atoms with E-state index in [-0.39, 0.29) is 5.95 Å². The summed E-state index contributed by atoms with van der Waals surface area (Å²) in [6.45, 7) is 4.47. The summed E-state index contributed by atoms with van der Waals surface area (Å²) in [4.78, 5) is 10.7. The van der Waals surface area contributed by atoms with Gasteiger partial charge in [-0.1, -0.05) is 0 Å². The molecule has 2 fully saturated rings. The van der Waals surface area contributed by atoms with E-state index in [9.17, 15) is 0 Å². The van der Waals surface area contributed by atoms with Gasteiger partial charge in [-0.3, -0.25) is 0 Å². The van der Waals surface area contributed by atoms with Gasteiger partial charge in [0.05, 0.1) is 7.11 Å². The van der Waals surface area contributed by atoms with Crippen molar-refractivity contribution in [3.63, 3.8) is 0 Å². The quantitative estimate of drug-likeness (QED) is 0.874. The fraction of sp³-hybridized carbons (Fsp3) is 0.733. The van der Waals surface area contributed by atoms with Gasteiger partial charge < -0.3 is 20.7 Å². The Bertz CT molecular complexity index is 467. The van der Waals surface area contributed by atoms with E-state index < -0.39 is 0 Å². The molecular formula is C15H25N5O. The van der Waals surface area contributed by atoms with Crippen molar-refractivity contribution in [3.05, 3.63) is 6.07 Å². The van der Waals surface area contributed by atoms with E-state index in [4.69, 9.17) is 10.5 Å². The van der Waals surface area contributed by atoms with E-state index in [2.05, 4.69) is 20.2 Å². The fourth-order valence-electron chi connectivity index (χ4n) is 3.61. The molecule has 2 saturated heterocycles. The lowest BCUT2D eigenvalue weighted by molar-refractivity contribution is 0.221. The van der Waals surface area contributed by atoms with Crippen LogP contribution in [0.15, 0.2) is 6.07 Å². The lowest BCUT2D eigenvalue weighted by Crippen LogP contribution is -2.39. The number of nitrogens with two attached hydrogens (primary N) is 1. The van der Waals surface area contributed by atoms with Crippen LogP contribution < -0.4 is 20.7 Å². The van der Waals surface area contributed by atoms with Gasteiger partial charge in [0.1, 0.15) is 5.82 Å². The van der Waals surface area contributed by atoms with Crippen molar-refractivity contribution in [2.45, 2.75) is 25.7 Å². The van der Waals surface area contributed by atoms with E-state index in [0.717, 1.165) is 30.7 Å². The summed E-state index contributed by atoms with van der Waals surface area (Å²) in [6, 6.07) is 1.88. The summed E-state index contributed by atoms with van der Waals surface area (Å²) in [6.07, 6.45) is 5.16. The third-order valence-corrected chi connectivity index (χ3v) is 4.83. The first-order valence-corrected chi connectivity index (χ1v) is 7.90. The topological polar surface area (TPSA) is 76.3 Å². The van der Waals surface area contributed by atoms with Gasteiger partial charge in [0.15, 0.2) is 0 Å². The Labute approximate surface area is 126 Å². The molecule has 21 heavy (non-hydrogen) atoms. The van der Waals surface area contributed by atoms with Crippen LogP contribution >= 0.6 is 0 Å². The predicted molar refractivity (Wildman–Crippen MR) is 83.5 cm³/mol. The van der Waals surface area contributed by atoms with E-state index >= 15 is 0 Å². The van der Waals surface area contributed by atoms with E-state index in [1.807, 2.05) is 6.07 Å². The predicted octanol–water partition coefficient (Wildman–Crippen LogP) is 1.28. The minimum atomic E-state index is 0.282. The van der Waals surface area contributed by atoms with Gasteiger partial charge in [0.25, 0.3) is 0 Å². The summed E-state index contributed by atoms with van der Waals surface area (Å²) < 4.78 is 5.18. The Balaban J connectivity index is 1.61. The largest absolute Gasteiger partial charge is 0.481 e. The average Bonchev–Trinajstić information content (AvgIpc) is 2.55. The zero-order valence-electron chi connectivity index (χ0n) is 12.7. The first-order chi connectivity index (χ1) is 10.3. The second-order valence-corrected chi connectivity index (χ2v) is 6.04. The van der Waals surface area contributed by atoms with Crippen LogP contribution in [0.1, 0.15) is 25.7 Å². The number of nitrogens with one attached hydrogen (secondary N) is 1. The number of ether oxygens (including phenoxy) is 1. The molecule has 3 N–H and O–H groups in total. The number of methoxy groups -OCH3 is 1. The van der Waals surface area contributed by atoms with Gasteiger partial charge in [-0.25, -0.2) is 0 Å². The number of anilines is 2. The molecule has 0 aliphatic carbocycles. The molecule has 3 heterocycles. The highest BCUT2D eigenvalue weighted by molar-refractivity contribution is 5.45. The van der Waals surface area contributed by atoms with Crippen LogP contribution in [0.2, 0.25) is 0 Å². The molecule has 6 nitrogen and oxygen atoms in total. The van der Waals surface area contributed by atoms with Gasteiger partial charge in [-0.15, -0.1) is 0 Å². The molecule has 2 aliphatic heterocycles. The second-order valence-electron chi connectivity index (χ2n) is 6.04. The van der Waals surface area contributed by atoms with Gasteiger partial charge in [-0.05, 0) is 50.6 Å². The lowest BCUT2D eigenvalue weighted by Gasteiger charge is -2.38. The highest BCUT2D eigenvalue weighted by Gasteiger charge is 2.28. The zero-order chi connectivity index (χ0) is 14.7. The van der Waals surface area contributed by atoms with Crippen molar-refractivity contribution >= 4 is 11.8 Å². The van der Waals surface area contributed by atoms with Crippen molar-refractivity contribution in [1.29, 1.82) is 0 Å². The Morgan fingerprint density at radius 2 is 1.81 bits per heavy atom. The van der Waals surface area contributed by atoms with Crippen molar-refractivity contribution in [2.24, 2.45) is 11.8 Å². The third kappa shape index (κ3) is 3.37. The molecule has 116 valence electrons. The number of hydrogen-bond donors (Lipinski definition) is 2. The maximum absolute atomic E-state index is 5.75. The molecular weight excluding hydrogens is 266 g/mol. The summed E-state index contributed by atoms with van der Waals surface area (Å²) in [5, 5.41) is 3.45. The molecule has 2 aliphatic rings. The maximum atomic E-state index is 5.75. The molecule has 0 saturated carbocycles. The molecule has 0 bridgehead atoms. The fourth-order valence-corrected chi connectivity index (χ4v) is 3.61. The molecule has 3 rings (SSSR count). The Kier molecular flexibility index (Phi) is 4.43. The van der Waals surface area contributed by atoms with Crippen LogP contribution in [-0.2, 0) is 0 Å². The van der Waals surface area contributed by atoms with Crippen molar-refractivity contribution in [1.82, 2.24) is 15.3 Å². The van der Waals surface area contributed by atoms with Crippen LogP contribution in [-0.4, -0.2) is 43.3 Å². The molecule has 1 aromatic rings. The summed E-state index contributed by atoms with van der Waals surface area (Å²) >= 11 is 0. The number of nitrogens with zero attached hydrogens (tertiary/aromatic N) is 3. The van der Waals surface area contributed by atoms with Crippen LogP contribution in [0.4, 0.5) is 11.8 Å². The summed E-state index contributed by atoms with van der Waals surface area (Å²) in [5.74, 6) is 3.48. The minimum Gasteiger partial charge on any atom is -0.481 e. The first-order valence-electron chi connectivity index (χ1n) is 7.90. The third-order valence-electron chi connectivity index (χ3n) is 4.83. The van der Waals surface area contributed by atoms with Crippen molar-refractivity contribution in [3.8, 4) is 5.88 Å². The van der Waals surface area contributed by atoms with Gasteiger partial charge >= 0.3 is 0 Å². The highest BCUT2D eigenvalue weighted by atomic mass is 16.5. The molecule has 0 atom stereocenters. The number of rotatable bonds is 3. The number of piperidine rings is 2. The van der Waals surface area contributed by atoms with Gasteiger partial charge in [0.2, 0.25) is 11.8 Å². The standard InChI is InChI=1S/C15H25N5O/c1-21-14-10-13(18-15(16)19-14)20-8-4-12(5-9-20)11-2-6-17-7-3-11/h10-12,17H,2-9H2,1H3,(H2,16,18,19). The van der Waals surface area contributed by atoms with Gasteiger partial charge in [0, 0.05) is 19.2 Å². The Hall–Kier alpha value is -1.56. The normalized spacial score (nSPS) is 21.5. The molecule has 6 heteroatoms. The Morgan fingerprint density at radius 3 is 2.48 bits per heavy atom. The lowest BCUT2D eigenvalue weighted by atomic mass is 9.79. The molecule has 0 unspecified atom stereocenters. The number of nitrogen functional groups attached to an aromatic ring is 1. The minimum absolute atomic E-state index is 0.282. The second kappa shape index (κ2) is 6.47. The molecule has 1 aromatic heterocycles. The monoisotopic (exact) mass is 291 g/mol. The molecule has 0 spiro atoms. The summed E-state index contributed by atoms with van der Waals surface area (Å²) in [7, 11) is 1.61. The van der Waals surface area contributed by atoms with Crippen LogP contribution in [0.25, 0.3) is 0 Å². The summed E-state index contributed by atoms with van der Waals surface area (Å²) in [5.41, 5.74) is 5.75. The zero-order valence-corrected chi connectivity index (χ0v) is 12.7. The molecule has 0 aromatic carbocycles. The first kappa shape index (κ1) is 14.4. The van der Waals surface area contributed by atoms with E-state index in [0.29, 0.717) is 5.88 Å². The average molecular weight is 291 g/mol. The SMILES string of the molecule is COc1cc(N2CCC(C3CCNCC3)CC2)nc(N)n1. The van der Waals surface area contributed by atoms with E-state index in [1.165, 1.54) is 38.8 Å². The van der Waals surface area contributed by atoms with E-state index in [1.54, 1.807) is 7.11 Å². The maximum Gasteiger partial charge on any atom is 0.225 e.